The number of fused-ring (bicyclic) bond motifs is 1. The SMILES string of the molecule is COc1nccc2cc(C)[nH]c12. The van der Waals surface area contributed by atoms with Crippen LogP contribution in [-0.4, -0.2) is 17.1 Å². The van der Waals surface area contributed by atoms with E-state index in [4.69, 9.17) is 4.74 Å². The molecule has 0 fully saturated rings. The van der Waals surface area contributed by atoms with Crippen molar-refractivity contribution >= 4 is 10.9 Å². The Hall–Kier alpha value is -1.51. The fourth-order valence-corrected chi connectivity index (χ4v) is 1.32. The van der Waals surface area contributed by atoms with Gasteiger partial charge >= 0.3 is 0 Å². The van der Waals surface area contributed by atoms with Crippen LogP contribution in [0.25, 0.3) is 10.9 Å². The van der Waals surface area contributed by atoms with Crippen LogP contribution in [0.2, 0.25) is 0 Å². The number of nitrogens with one attached hydrogen (secondary N) is 1. The maximum atomic E-state index is 5.10. The van der Waals surface area contributed by atoms with Gasteiger partial charge in [0.1, 0.15) is 5.52 Å². The summed E-state index contributed by atoms with van der Waals surface area (Å²) >= 11 is 0. The van der Waals surface area contributed by atoms with E-state index in [1.165, 1.54) is 0 Å². The molecule has 0 atom stereocenters. The van der Waals surface area contributed by atoms with Gasteiger partial charge in [-0.3, -0.25) is 0 Å². The van der Waals surface area contributed by atoms with Gasteiger partial charge in [-0.15, -0.1) is 0 Å². The first-order valence-electron chi connectivity index (χ1n) is 3.79. The second-order valence-corrected chi connectivity index (χ2v) is 2.74. The number of rotatable bonds is 1. The van der Waals surface area contributed by atoms with Gasteiger partial charge in [-0.2, -0.15) is 0 Å². The molecule has 0 aromatic carbocycles. The van der Waals surface area contributed by atoms with Crippen LogP contribution >= 0.6 is 0 Å². The van der Waals surface area contributed by atoms with Gasteiger partial charge in [0.2, 0.25) is 5.88 Å². The van der Waals surface area contributed by atoms with Crippen LogP contribution in [0.4, 0.5) is 0 Å². The van der Waals surface area contributed by atoms with Crippen molar-refractivity contribution < 1.29 is 4.74 Å². The van der Waals surface area contributed by atoms with Crippen LogP contribution in [0.5, 0.6) is 5.88 Å². The summed E-state index contributed by atoms with van der Waals surface area (Å²) in [6, 6.07) is 4.03. The molecule has 0 amide bonds. The van der Waals surface area contributed by atoms with Crippen LogP contribution in [0.15, 0.2) is 18.3 Å². The van der Waals surface area contributed by atoms with E-state index in [-0.39, 0.29) is 0 Å². The lowest BCUT2D eigenvalue weighted by molar-refractivity contribution is 0.402. The van der Waals surface area contributed by atoms with Gasteiger partial charge < -0.3 is 9.72 Å². The van der Waals surface area contributed by atoms with Gasteiger partial charge in [0.15, 0.2) is 0 Å². The number of hydrogen-bond acceptors (Lipinski definition) is 2. The number of aromatic nitrogens is 2. The molecule has 0 radical (unpaired) electrons. The Morgan fingerprint density at radius 3 is 3.08 bits per heavy atom. The van der Waals surface area contributed by atoms with Crippen LogP contribution in [0.1, 0.15) is 5.69 Å². The zero-order valence-corrected chi connectivity index (χ0v) is 7.09. The third kappa shape index (κ3) is 0.942. The molecule has 12 heavy (non-hydrogen) atoms. The van der Waals surface area contributed by atoms with Crippen molar-refractivity contribution in [3.63, 3.8) is 0 Å². The molecule has 0 bridgehead atoms. The highest BCUT2D eigenvalue weighted by atomic mass is 16.5. The molecule has 0 aliphatic rings. The molecule has 0 spiro atoms. The summed E-state index contributed by atoms with van der Waals surface area (Å²) in [6.07, 6.45) is 1.74. The molecule has 3 heteroatoms. The van der Waals surface area contributed by atoms with Gasteiger partial charge in [-0.25, -0.2) is 4.98 Å². The highest BCUT2D eigenvalue weighted by Gasteiger charge is 2.03. The molecule has 0 saturated carbocycles. The molecular formula is C9H10N2O. The number of aromatic amines is 1. The van der Waals surface area contributed by atoms with Crippen LogP contribution in [0.3, 0.4) is 0 Å². The minimum Gasteiger partial charge on any atom is -0.479 e. The number of nitrogens with zero attached hydrogens (tertiary/aromatic N) is 1. The number of hydrogen-bond donors (Lipinski definition) is 1. The number of ether oxygens (including phenoxy) is 1. The molecule has 2 aromatic rings. The molecule has 2 aromatic heterocycles. The predicted octanol–water partition coefficient (Wildman–Crippen LogP) is 1.88. The second-order valence-electron chi connectivity index (χ2n) is 2.74. The van der Waals surface area contributed by atoms with E-state index in [0.29, 0.717) is 5.88 Å². The zero-order chi connectivity index (χ0) is 8.55. The lowest BCUT2D eigenvalue weighted by Gasteiger charge is -1.97. The highest BCUT2D eigenvalue weighted by Crippen LogP contribution is 2.21. The lowest BCUT2D eigenvalue weighted by Crippen LogP contribution is -1.87. The minimum absolute atomic E-state index is 0.653. The Morgan fingerprint density at radius 2 is 2.33 bits per heavy atom. The standard InChI is InChI=1S/C9H10N2O/c1-6-5-7-3-4-10-9(12-2)8(7)11-6/h3-5,11H,1-2H3. The van der Waals surface area contributed by atoms with Crippen molar-refractivity contribution in [2.45, 2.75) is 6.92 Å². The fourth-order valence-electron chi connectivity index (χ4n) is 1.32. The smallest absolute Gasteiger partial charge is 0.238 e. The normalized spacial score (nSPS) is 10.5. The van der Waals surface area contributed by atoms with E-state index in [0.717, 1.165) is 16.6 Å². The maximum absolute atomic E-state index is 5.10. The maximum Gasteiger partial charge on any atom is 0.238 e. The van der Waals surface area contributed by atoms with Crippen LogP contribution in [0, 0.1) is 6.92 Å². The molecular weight excluding hydrogens is 152 g/mol. The van der Waals surface area contributed by atoms with E-state index in [1.807, 2.05) is 13.0 Å². The fraction of sp³-hybridized carbons (Fsp3) is 0.222. The number of pyridine rings is 1. The zero-order valence-electron chi connectivity index (χ0n) is 7.09. The molecule has 62 valence electrons. The average Bonchev–Trinajstić information content (AvgIpc) is 2.44. The Bertz CT molecular complexity index is 406. The second kappa shape index (κ2) is 2.52. The molecule has 0 unspecified atom stereocenters. The van der Waals surface area contributed by atoms with E-state index in [2.05, 4.69) is 16.0 Å². The Morgan fingerprint density at radius 1 is 1.50 bits per heavy atom. The molecule has 3 nitrogen and oxygen atoms in total. The monoisotopic (exact) mass is 162 g/mol. The van der Waals surface area contributed by atoms with Crippen LogP contribution in [-0.2, 0) is 0 Å². The van der Waals surface area contributed by atoms with Crippen molar-refractivity contribution in [1.82, 2.24) is 9.97 Å². The van der Waals surface area contributed by atoms with Crippen molar-refractivity contribution in [3.8, 4) is 5.88 Å². The Balaban J connectivity index is 2.78. The molecule has 0 aliphatic carbocycles. The van der Waals surface area contributed by atoms with Crippen molar-refractivity contribution in [2.24, 2.45) is 0 Å². The van der Waals surface area contributed by atoms with E-state index in [9.17, 15) is 0 Å². The van der Waals surface area contributed by atoms with Crippen molar-refractivity contribution in [2.75, 3.05) is 7.11 Å². The largest absolute Gasteiger partial charge is 0.479 e. The predicted molar refractivity (Wildman–Crippen MR) is 47.4 cm³/mol. The Labute approximate surface area is 70.4 Å². The third-order valence-corrected chi connectivity index (χ3v) is 1.84. The summed E-state index contributed by atoms with van der Waals surface area (Å²) in [5.74, 6) is 0.653. The van der Waals surface area contributed by atoms with Gasteiger partial charge in [-0.05, 0) is 19.1 Å². The van der Waals surface area contributed by atoms with Gasteiger partial charge in [0.05, 0.1) is 7.11 Å². The first-order chi connectivity index (χ1) is 5.81. The number of methoxy groups -OCH3 is 1. The summed E-state index contributed by atoms with van der Waals surface area (Å²) in [6.45, 7) is 2.01. The summed E-state index contributed by atoms with van der Waals surface area (Å²) in [7, 11) is 1.62. The summed E-state index contributed by atoms with van der Waals surface area (Å²) in [5, 5.41) is 1.14. The lowest BCUT2D eigenvalue weighted by atomic mass is 10.3. The van der Waals surface area contributed by atoms with Crippen molar-refractivity contribution in [1.29, 1.82) is 0 Å². The summed E-state index contributed by atoms with van der Waals surface area (Å²) in [4.78, 5) is 7.28. The first-order valence-corrected chi connectivity index (χ1v) is 3.79. The molecule has 1 N–H and O–H groups in total. The number of H-pyrrole nitrogens is 1. The first kappa shape index (κ1) is 7.16. The van der Waals surface area contributed by atoms with Gasteiger partial charge in [0.25, 0.3) is 0 Å². The van der Waals surface area contributed by atoms with E-state index < -0.39 is 0 Å². The third-order valence-electron chi connectivity index (χ3n) is 1.84. The molecule has 2 heterocycles. The molecule has 0 aliphatic heterocycles. The van der Waals surface area contributed by atoms with Crippen LogP contribution < -0.4 is 4.74 Å². The van der Waals surface area contributed by atoms with Gasteiger partial charge in [-0.1, -0.05) is 0 Å². The van der Waals surface area contributed by atoms with E-state index in [1.54, 1.807) is 13.3 Å². The van der Waals surface area contributed by atoms with E-state index >= 15 is 0 Å². The van der Waals surface area contributed by atoms with Crippen molar-refractivity contribution in [3.05, 3.63) is 24.0 Å². The Kier molecular flexibility index (Phi) is 1.50. The highest BCUT2D eigenvalue weighted by molar-refractivity contribution is 5.84. The quantitative estimate of drug-likeness (QED) is 0.695. The average molecular weight is 162 g/mol. The molecule has 0 saturated heterocycles. The molecule has 2 rings (SSSR count). The minimum atomic E-state index is 0.653. The topological polar surface area (TPSA) is 37.9 Å². The number of aryl methyl sites for hydroxylation is 1. The van der Waals surface area contributed by atoms with Gasteiger partial charge in [0, 0.05) is 17.3 Å². The summed E-state index contributed by atoms with van der Waals surface area (Å²) in [5.41, 5.74) is 2.09. The summed E-state index contributed by atoms with van der Waals surface area (Å²) < 4.78 is 5.10.